The Bertz CT molecular complexity index is 304. The second-order valence-corrected chi connectivity index (χ2v) is 4.11. The highest BCUT2D eigenvalue weighted by Gasteiger charge is 2.03. The lowest BCUT2D eigenvalue weighted by Crippen LogP contribution is -2.32. The number of nitrogens with two attached hydrogens (primary N) is 1. The molecular weight excluding hydrogens is 247 g/mol. The second-order valence-electron chi connectivity index (χ2n) is 3.25. The van der Waals surface area contributed by atoms with E-state index in [0.29, 0.717) is 13.1 Å². The van der Waals surface area contributed by atoms with Gasteiger partial charge in [0, 0.05) is 23.6 Å². The first-order chi connectivity index (χ1) is 6.63. The molecule has 3 N–H and O–H groups in total. The quantitative estimate of drug-likeness (QED) is 0.870. The van der Waals surface area contributed by atoms with Gasteiger partial charge in [-0.05, 0) is 24.6 Å². The molecule has 0 fully saturated rings. The fraction of sp³-hybridized carbons (Fsp3) is 0.400. The molecule has 0 unspecified atom stereocenters. The van der Waals surface area contributed by atoms with Crippen molar-refractivity contribution in [2.45, 2.75) is 19.5 Å². The minimum Gasteiger partial charge on any atom is -0.329 e. The molecule has 0 aliphatic rings. The Morgan fingerprint density at radius 3 is 2.86 bits per heavy atom. The Balaban J connectivity index is 2.59. The molecule has 4 heteroatoms. The minimum absolute atomic E-state index is 0.229. The predicted octanol–water partition coefficient (Wildman–Crippen LogP) is 2.02. The van der Waals surface area contributed by atoms with E-state index in [1.807, 2.05) is 6.92 Å². The summed E-state index contributed by atoms with van der Waals surface area (Å²) in [6, 6.07) is 4.95. The van der Waals surface area contributed by atoms with Crippen LogP contribution >= 0.6 is 15.9 Å². The smallest absolute Gasteiger partial charge is 0.124 e. The maximum atomic E-state index is 12.7. The van der Waals surface area contributed by atoms with Gasteiger partial charge in [-0.25, -0.2) is 4.39 Å². The van der Waals surface area contributed by atoms with Crippen molar-refractivity contribution >= 4 is 15.9 Å². The lowest BCUT2D eigenvalue weighted by molar-refractivity contribution is 0.554. The molecule has 1 aromatic rings. The maximum absolute atomic E-state index is 12.7. The molecule has 0 aliphatic carbocycles. The zero-order valence-corrected chi connectivity index (χ0v) is 9.64. The van der Waals surface area contributed by atoms with Gasteiger partial charge in [0.1, 0.15) is 5.82 Å². The van der Waals surface area contributed by atoms with Gasteiger partial charge >= 0.3 is 0 Å². The van der Waals surface area contributed by atoms with Crippen LogP contribution in [0.5, 0.6) is 0 Å². The highest BCUT2D eigenvalue weighted by molar-refractivity contribution is 9.10. The fourth-order valence-electron chi connectivity index (χ4n) is 1.03. The van der Waals surface area contributed by atoms with Crippen LogP contribution in [-0.4, -0.2) is 12.6 Å². The molecule has 78 valence electrons. The third-order valence-electron chi connectivity index (χ3n) is 2.01. The zero-order valence-electron chi connectivity index (χ0n) is 8.06. The van der Waals surface area contributed by atoms with Gasteiger partial charge < -0.3 is 11.1 Å². The number of halogens is 2. The molecular formula is C10H14BrFN2. The standard InChI is InChI=1S/C10H14BrFN2/c1-7(5-13)14-6-8-2-3-9(12)4-10(8)11/h2-4,7,14H,5-6,13H2,1H3/t7-/m1/s1. The molecule has 0 aliphatic heterocycles. The predicted molar refractivity (Wildman–Crippen MR) is 59.5 cm³/mol. The molecule has 0 amide bonds. The van der Waals surface area contributed by atoms with Gasteiger partial charge in [0.2, 0.25) is 0 Å². The summed E-state index contributed by atoms with van der Waals surface area (Å²) in [7, 11) is 0. The van der Waals surface area contributed by atoms with Crippen molar-refractivity contribution in [3.63, 3.8) is 0 Å². The number of hydrogen-bond donors (Lipinski definition) is 2. The van der Waals surface area contributed by atoms with E-state index in [1.54, 1.807) is 6.07 Å². The van der Waals surface area contributed by atoms with E-state index in [4.69, 9.17) is 5.73 Å². The van der Waals surface area contributed by atoms with Gasteiger partial charge in [-0.2, -0.15) is 0 Å². The van der Waals surface area contributed by atoms with Crippen LogP contribution in [0.25, 0.3) is 0 Å². The lowest BCUT2D eigenvalue weighted by atomic mass is 10.2. The first-order valence-electron chi connectivity index (χ1n) is 4.51. The van der Waals surface area contributed by atoms with Crippen LogP contribution in [0.15, 0.2) is 22.7 Å². The average molecular weight is 261 g/mol. The largest absolute Gasteiger partial charge is 0.329 e. The van der Waals surface area contributed by atoms with Crippen LogP contribution in [0.2, 0.25) is 0 Å². The average Bonchev–Trinajstić information content (AvgIpc) is 2.16. The van der Waals surface area contributed by atoms with Crippen molar-refractivity contribution in [1.29, 1.82) is 0 Å². The van der Waals surface area contributed by atoms with E-state index in [9.17, 15) is 4.39 Å². The van der Waals surface area contributed by atoms with Crippen LogP contribution < -0.4 is 11.1 Å². The molecule has 14 heavy (non-hydrogen) atoms. The molecule has 1 aromatic carbocycles. The topological polar surface area (TPSA) is 38.0 Å². The summed E-state index contributed by atoms with van der Waals surface area (Å²) in [5.74, 6) is -0.229. The van der Waals surface area contributed by atoms with E-state index in [-0.39, 0.29) is 11.9 Å². The highest BCUT2D eigenvalue weighted by Crippen LogP contribution is 2.17. The van der Waals surface area contributed by atoms with Crippen molar-refractivity contribution < 1.29 is 4.39 Å². The number of rotatable bonds is 4. The molecule has 0 aromatic heterocycles. The van der Waals surface area contributed by atoms with Crippen molar-refractivity contribution in [2.75, 3.05) is 6.54 Å². The van der Waals surface area contributed by atoms with Crippen LogP contribution in [0.3, 0.4) is 0 Å². The second kappa shape index (κ2) is 5.44. The van der Waals surface area contributed by atoms with Gasteiger partial charge in [-0.3, -0.25) is 0 Å². The monoisotopic (exact) mass is 260 g/mol. The zero-order chi connectivity index (χ0) is 10.6. The first-order valence-corrected chi connectivity index (χ1v) is 5.30. The summed E-state index contributed by atoms with van der Waals surface area (Å²) in [5, 5.41) is 3.23. The number of benzene rings is 1. The van der Waals surface area contributed by atoms with E-state index in [2.05, 4.69) is 21.2 Å². The minimum atomic E-state index is -0.229. The Morgan fingerprint density at radius 2 is 2.29 bits per heavy atom. The van der Waals surface area contributed by atoms with Crippen LogP contribution in [0.1, 0.15) is 12.5 Å². The Morgan fingerprint density at radius 1 is 1.57 bits per heavy atom. The van der Waals surface area contributed by atoms with Crippen LogP contribution in [-0.2, 0) is 6.54 Å². The van der Waals surface area contributed by atoms with Gasteiger partial charge in [-0.15, -0.1) is 0 Å². The van der Waals surface area contributed by atoms with Crippen LogP contribution in [0, 0.1) is 5.82 Å². The van der Waals surface area contributed by atoms with Gasteiger partial charge in [0.15, 0.2) is 0 Å². The van der Waals surface area contributed by atoms with Crippen molar-refractivity contribution in [1.82, 2.24) is 5.32 Å². The summed E-state index contributed by atoms with van der Waals surface area (Å²) < 4.78 is 13.5. The molecule has 0 spiro atoms. The van der Waals surface area contributed by atoms with E-state index in [0.717, 1.165) is 10.0 Å². The number of hydrogen-bond acceptors (Lipinski definition) is 2. The molecule has 1 rings (SSSR count). The maximum Gasteiger partial charge on any atom is 0.124 e. The molecule has 0 heterocycles. The molecule has 1 atom stereocenters. The Labute approximate surface area is 91.8 Å². The molecule has 2 nitrogen and oxygen atoms in total. The molecule has 0 radical (unpaired) electrons. The third-order valence-corrected chi connectivity index (χ3v) is 2.75. The lowest BCUT2D eigenvalue weighted by Gasteiger charge is -2.12. The molecule has 0 saturated carbocycles. The SMILES string of the molecule is C[C@H](CN)NCc1ccc(F)cc1Br. The number of nitrogens with one attached hydrogen (secondary N) is 1. The highest BCUT2D eigenvalue weighted by atomic mass is 79.9. The third kappa shape index (κ3) is 3.36. The summed E-state index contributed by atoms with van der Waals surface area (Å²) in [5.41, 5.74) is 6.50. The van der Waals surface area contributed by atoms with Gasteiger partial charge in [0.05, 0.1) is 0 Å². The normalized spacial score (nSPS) is 12.9. The Hall–Kier alpha value is -0.450. The fourth-order valence-corrected chi connectivity index (χ4v) is 1.52. The molecule has 0 bridgehead atoms. The Kier molecular flexibility index (Phi) is 4.51. The van der Waals surface area contributed by atoms with Gasteiger partial charge in [0.25, 0.3) is 0 Å². The van der Waals surface area contributed by atoms with Crippen molar-refractivity contribution in [3.8, 4) is 0 Å². The molecule has 0 saturated heterocycles. The van der Waals surface area contributed by atoms with Gasteiger partial charge in [-0.1, -0.05) is 22.0 Å². The van der Waals surface area contributed by atoms with E-state index >= 15 is 0 Å². The summed E-state index contributed by atoms with van der Waals surface area (Å²) in [6.45, 7) is 3.30. The summed E-state index contributed by atoms with van der Waals surface area (Å²) in [6.07, 6.45) is 0. The summed E-state index contributed by atoms with van der Waals surface area (Å²) in [4.78, 5) is 0. The summed E-state index contributed by atoms with van der Waals surface area (Å²) >= 11 is 3.31. The van der Waals surface area contributed by atoms with Crippen LogP contribution in [0.4, 0.5) is 4.39 Å². The van der Waals surface area contributed by atoms with Crippen molar-refractivity contribution in [2.24, 2.45) is 5.73 Å². The first kappa shape index (κ1) is 11.6. The van der Waals surface area contributed by atoms with Crippen molar-refractivity contribution in [3.05, 3.63) is 34.1 Å². The van der Waals surface area contributed by atoms with E-state index in [1.165, 1.54) is 12.1 Å². The van der Waals surface area contributed by atoms with E-state index < -0.39 is 0 Å².